The fourth-order valence-electron chi connectivity index (χ4n) is 2.00. The van der Waals surface area contributed by atoms with Crippen molar-refractivity contribution in [2.24, 2.45) is 0 Å². The minimum atomic E-state index is -4.60. The molecule has 0 aromatic heterocycles. The number of carbonyl (C=O) groups excluding carboxylic acids is 1. The molecule has 0 radical (unpaired) electrons. The summed E-state index contributed by atoms with van der Waals surface area (Å²) in [5, 5.41) is 0. The van der Waals surface area contributed by atoms with Gasteiger partial charge in [-0.1, -0.05) is 19.4 Å². The first-order chi connectivity index (χ1) is 11.0. The van der Waals surface area contributed by atoms with E-state index in [0.717, 1.165) is 37.3 Å². The van der Waals surface area contributed by atoms with Crippen molar-refractivity contribution < 1.29 is 26.4 Å². The molecule has 136 valence electrons. The van der Waals surface area contributed by atoms with Gasteiger partial charge < -0.3 is 4.90 Å². The van der Waals surface area contributed by atoms with Crippen LogP contribution >= 0.6 is 0 Å². The second-order valence-electron chi connectivity index (χ2n) is 5.49. The van der Waals surface area contributed by atoms with Crippen LogP contribution < -0.4 is 4.31 Å². The Hall–Kier alpha value is -1.77. The smallest absolute Gasteiger partial charge is 0.344 e. The Labute approximate surface area is 140 Å². The van der Waals surface area contributed by atoms with E-state index < -0.39 is 34.2 Å². The molecule has 0 bridgehead atoms. The Kier molecular flexibility index (Phi) is 6.65. The molecule has 24 heavy (non-hydrogen) atoms. The zero-order chi connectivity index (χ0) is 18.5. The number of unbranched alkanes of at least 4 members (excludes halogenated alkanes) is 1. The molecule has 1 aromatic rings. The standard InChI is InChI=1S/C15H21F3N2O3S/c1-4-5-9-19(2)14(21)11-20(24(3,22)23)13-8-6-7-12(10-13)15(16,17)18/h6-8,10H,4-5,9,11H2,1-3H3. The van der Waals surface area contributed by atoms with E-state index in [1.807, 2.05) is 6.92 Å². The lowest BCUT2D eigenvalue weighted by Gasteiger charge is -2.25. The summed E-state index contributed by atoms with van der Waals surface area (Å²) < 4.78 is 63.0. The lowest BCUT2D eigenvalue weighted by Crippen LogP contribution is -2.41. The summed E-state index contributed by atoms with van der Waals surface area (Å²) in [6, 6.07) is 3.91. The molecule has 1 rings (SSSR count). The normalized spacial score (nSPS) is 12.1. The van der Waals surface area contributed by atoms with E-state index in [0.29, 0.717) is 10.8 Å². The number of hydrogen-bond donors (Lipinski definition) is 0. The van der Waals surface area contributed by atoms with Gasteiger partial charge in [0.1, 0.15) is 6.54 Å². The van der Waals surface area contributed by atoms with Crippen molar-refractivity contribution in [3.05, 3.63) is 29.8 Å². The summed E-state index contributed by atoms with van der Waals surface area (Å²) in [5.41, 5.74) is -1.16. The van der Waals surface area contributed by atoms with E-state index in [4.69, 9.17) is 0 Å². The van der Waals surface area contributed by atoms with Gasteiger partial charge in [-0.15, -0.1) is 0 Å². The molecule has 5 nitrogen and oxygen atoms in total. The minimum absolute atomic E-state index is 0.190. The van der Waals surface area contributed by atoms with Crippen molar-refractivity contribution in [3.8, 4) is 0 Å². The van der Waals surface area contributed by atoms with Crippen LogP contribution in [-0.2, 0) is 21.0 Å². The topological polar surface area (TPSA) is 57.7 Å². The second kappa shape index (κ2) is 7.87. The number of nitrogens with zero attached hydrogens (tertiary/aromatic N) is 2. The van der Waals surface area contributed by atoms with Crippen LogP contribution in [0.1, 0.15) is 25.3 Å². The minimum Gasteiger partial charge on any atom is -0.344 e. The van der Waals surface area contributed by atoms with E-state index in [1.54, 1.807) is 0 Å². The number of likely N-dealkylation sites (N-methyl/N-ethyl adjacent to an activating group) is 1. The van der Waals surface area contributed by atoms with E-state index in [1.165, 1.54) is 18.0 Å². The number of benzene rings is 1. The zero-order valence-electron chi connectivity index (χ0n) is 13.8. The van der Waals surface area contributed by atoms with Crippen molar-refractivity contribution in [1.82, 2.24) is 4.90 Å². The molecule has 0 saturated carbocycles. The summed E-state index contributed by atoms with van der Waals surface area (Å²) in [6.45, 7) is 1.86. The number of amides is 1. The van der Waals surface area contributed by atoms with Crippen molar-refractivity contribution in [2.45, 2.75) is 25.9 Å². The molecule has 0 atom stereocenters. The first kappa shape index (κ1) is 20.3. The summed E-state index contributed by atoms with van der Waals surface area (Å²) in [7, 11) is -2.38. The zero-order valence-corrected chi connectivity index (χ0v) is 14.6. The lowest BCUT2D eigenvalue weighted by molar-refractivity contribution is -0.137. The van der Waals surface area contributed by atoms with Gasteiger partial charge >= 0.3 is 6.18 Å². The largest absolute Gasteiger partial charge is 0.416 e. The van der Waals surface area contributed by atoms with Crippen LogP contribution in [0.2, 0.25) is 0 Å². The number of alkyl halides is 3. The van der Waals surface area contributed by atoms with Crippen LogP contribution in [0.25, 0.3) is 0 Å². The Bertz CT molecular complexity index is 675. The van der Waals surface area contributed by atoms with E-state index in [-0.39, 0.29) is 5.69 Å². The van der Waals surface area contributed by atoms with Gasteiger partial charge in [0.15, 0.2) is 0 Å². The van der Waals surface area contributed by atoms with Crippen molar-refractivity contribution in [2.75, 3.05) is 30.7 Å². The molecule has 1 aromatic carbocycles. The van der Waals surface area contributed by atoms with Gasteiger partial charge in [0, 0.05) is 13.6 Å². The predicted octanol–water partition coefficient (Wildman–Crippen LogP) is 2.73. The quantitative estimate of drug-likeness (QED) is 0.746. The summed E-state index contributed by atoms with van der Waals surface area (Å²) in [6.07, 6.45) is -2.13. The number of hydrogen-bond acceptors (Lipinski definition) is 3. The predicted molar refractivity (Wildman–Crippen MR) is 86.2 cm³/mol. The number of rotatable bonds is 7. The van der Waals surface area contributed by atoms with Gasteiger partial charge in [-0.05, 0) is 24.6 Å². The Morgan fingerprint density at radius 1 is 1.25 bits per heavy atom. The van der Waals surface area contributed by atoms with Crippen LogP contribution in [0.4, 0.5) is 18.9 Å². The van der Waals surface area contributed by atoms with E-state index in [2.05, 4.69) is 0 Å². The lowest BCUT2D eigenvalue weighted by atomic mass is 10.2. The fourth-order valence-corrected chi connectivity index (χ4v) is 2.84. The molecule has 0 heterocycles. The van der Waals surface area contributed by atoms with Gasteiger partial charge in [0.05, 0.1) is 17.5 Å². The van der Waals surface area contributed by atoms with Crippen LogP contribution in [0.15, 0.2) is 24.3 Å². The van der Waals surface area contributed by atoms with Crippen LogP contribution in [0.5, 0.6) is 0 Å². The SMILES string of the molecule is CCCCN(C)C(=O)CN(c1cccc(C(F)(F)F)c1)S(C)(=O)=O. The van der Waals surface area contributed by atoms with Gasteiger partial charge in [-0.25, -0.2) is 8.42 Å². The molecule has 1 amide bonds. The van der Waals surface area contributed by atoms with E-state index >= 15 is 0 Å². The average Bonchev–Trinajstić information content (AvgIpc) is 2.48. The molecular weight excluding hydrogens is 345 g/mol. The van der Waals surface area contributed by atoms with Gasteiger partial charge in [0.25, 0.3) is 0 Å². The third kappa shape index (κ3) is 5.70. The molecule has 0 aliphatic heterocycles. The first-order valence-corrected chi connectivity index (χ1v) is 9.20. The van der Waals surface area contributed by atoms with Crippen molar-refractivity contribution in [1.29, 1.82) is 0 Å². The van der Waals surface area contributed by atoms with Gasteiger partial charge in [-0.2, -0.15) is 13.2 Å². The Morgan fingerprint density at radius 2 is 1.88 bits per heavy atom. The highest BCUT2D eigenvalue weighted by Crippen LogP contribution is 2.32. The van der Waals surface area contributed by atoms with Crippen molar-refractivity contribution >= 4 is 21.6 Å². The molecule has 0 fully saturated rings. The highest BCUT2D eigenvalue weighted by atomic mass is 32.2. The van der Waals surface area contributed by atoms with Crippen molar-refractivity contribution in [3.63, 3.8) is 0 Å². The van der Waals surface area contributed by atoms with Gasteiger partial charge in [0.2, 0.25) is 15.9 Å². The molecule has 0 spiro atoms. The summed E-state index contributed by atoms with van der Waals surface area (Å²) in [5.74, 6) is -0.480. The Morgan fingerprint density at radius 3 is 2.38 bits per heavy atom. The molecule has 0 unspecified atom stereocenters. The first-order valence-electron chi connectivity index (χ1n) is 7.35. The molecule has 0 N–H and O–H groups in total. The van der Waals surface area contributed by atoms with Gasteiger partial charge in [-0.3, -0.25) is 9.10 Å². The molecular formula is C15H21F3N2O3S. The number of sulfonamides is 1. The average molecular weight is 366 g/mol. The van der Waals surface area contributed by atoms with Crippen LogP contribution in [0, 0.1) is 0 Å². The Balaban J connectivity index is 3.10. The molecule has 0 aliphatic carbocycles. The highest BCUT2D eigenvalue weighted by molar-refractivity contribution is 7.92. The molecule has 0 saturated heterocycles. The number of anilines is 1. The van der Waals surface area contributed by atoms with Crippen LogP contribution in [-0.4, -0.2) is 45.6 Å². The monoisotopic (exact) mass is 366 g/mol. The third-order valence-corrected chi connectivity index (χ3v) is 4.55. The number of halogens is 3. The summed E-state index contributed by atoms with van der Waals surface area (Å²) >= 11 is 0. The molecule has 0 aliphatic rings. The maximum atomic E-state index is 12.8. The summed E-state index contributed by atoms with van der Waals surface area (Å²) in [4.78, 5) is 13.5. The third-order valence-electron chi connectivity index (χ3n) is 3.41. The fraction of sp³-hybridized carbons (Fsp3) is 0.533. The maximum Gasteiger partial charge on any atom is 0.416 e. The van der Waals surface area contributed by atoms with Crippen LogP contribution in [0.3, 0.4) is 0 Å². The van der Waals surface area contributed by atoms with E-state index in [9.17, 15) is 26.4 Å². The molecule has 9 heteroatoms. The number of carbonyl (C=O) groups is 1. The highest BCUT2D eigenvalue weighted by Gasteiger charge is 2.32. The maximum absolute atomic E-state index is 12.8. The second-order valence-corrected chi connectivity index (χ2v) is 7.39.